The molecule has 0 N–H and O–H groups in total. The van der Waals surface area contributed by atoms with Crippen molar-refractivity contribution >= 4 is 22.6 Å². The van der Waals surface area contributed by atoms with Gasteiger partial charge in [-0.3, -0.25) is 0 Å². The molecule has 1 aromatic carbocycles. The fraction of sp³-hybridized carbons (Fsp3) is 0.467. The molecule has 104 valence electrons. The Bertz CT molecular complexity index is 674. The molecule has 1 aliphatic heterocycles. The van der Waals surface area contributed by atoms with Gasteiger partial charge in [-0.1, -0.05) is 6.07 Å². The third-order valence-electron chi connectivity index (χ3n) is 3.90. The predicted molar refractivity (Wildman–Crippen MR) is 77.9 cm³/mol. The van der Waals surface area contributed by atoms with Gasteiger partial charge in [0.25, 0.3) is 0 Å². The Hall–Kier alpha value is -1.57. The summed E-state index contributed by atoms with van der Waals surface area (Å²) in [7, 11) is 0. The van der Waals surface area contributed by atoms with Crippen LogP contribution in [0, 0.1) is 11.3 Å². The summed E-state index contributed by atoms with van der Waals surface area (Å²) in [5, 5.41) is 9.23. The number of fused-ring (bicyclic) bond motifs is 1. The third kappa shape index (κ3) is 2.07. The zero-order valence-corrected chi connectivity index (χ0v) is 12.1. The topological polar surface area (TPSA) is 50.8 Å². The van der Waals surface area contributed by atoms with Gasteiger partial charge in [0.05, 0.1) is 23.2 Å². The SMILES string of the molecule is CC1OCCC1n1c(CCCl)nc2c(C#N)cccc21. The van der Waals surface area contributed by atoms with E-state index in [2.05, 4.69) is 22.5 Å². The van der Waals surface area contributed by atoms with E-state index in [-0.39, 0.29) is 12.1 Å². The minimum Gasteiger partial charge on any atom is -0.376 e. The van der Waals surface area contributed by atoms with Crippen LogP contribution < -0.4 is 0 Å². The molecule has 0 aliphatic carbocycles. The van der Waals surface area contributed by atoms with Gasteiger partial charge >= 0.3 is 0 Å². The van der Waals surface area contributed by atoms with Gasteiger partial charge in [-0.05, 0) is 25.5 Å². The molecule has 2 heterocycles. The Morgan fingerprint density at radius 2 is 2.40 bits per heavy atom. The minimum absolute atomic E-state index is 0.159. The molecule has 2 aromatic rings. The Morgan fingerprint density at radius 1 is 1.55 bits per heavy atom. The summed E-state index contributed by atoms with van der Waals surface area (Å²) in [4.78, 5) is 4.65. The van der Waals surface area contributed by atoms with Crippen LogP contribution in [0.15, 0.2) is 18.2 Å². The second-order valence-electron chi connectivity index (χ2n) is 5.05. The first kappa shape index (κ1) is 13.4. The molecular weight excluding hydrogens is 274 g/mol. The van der Waals surface area contributed by atoms with Gasteiger partial charge in [-0.15, -0.1) is 11.6 Å². The molecule has 1 aliphatic rings. The first-order valence-electron chi connectivity index (χ1n) is 6.83. The van der Waals surface area contributed by atoms with Gasteiger partial charge < -0.3 is 9.30 Å². The van der Waals surface area contributed by atoms with E-state index in [1.807, 2.05) is 12.1 Å². The molecule has 5 heteroatoms. The van der Waals surface area contributed by atoms with E-state index in [9.17, 15) is 5.26 Å². The lowest BCUT2D eigenvalue weighted by molar-refractivity contribution is 0.108. The second-order valence-corrected chi connectivity index (χ2v) is 5.43. The Labute approximate surface area is 122 Å². The Balaban J connectivity index is 2.22. The van der Waals surface area contributed by atoms with E-state index in [4.69, 9.17) is 16.3 Å². The summed E-state index contributed by atoms with van der Waals surface area (Å²) in [6, 6.07) is 8.22. The van der Waals surface area contributed by atoms with E-state index in [1.54, 1.807) is 6.07 Å². The number of halogens is 1. The van der Waals surface area contributed by atoms with Gasteiger partial charge in [-0.2, -0.15) is 5.26 Å². The first-order chi connectivity index (χ1) is 9.76. The lowest BCUT2D eigenvalue weighted by Crippen LogP contribution is -2.19. The van der Waals surface area contributed by atoms with Crippen molar-refractivity contribution in [3.63, 3.8) is 0 Å². The predicted octanol–water partition coefficient (Wildman–Crippen LogP) is 3.04. The van der Waals surface area contributed by atoms with Crippen molar-refractivity contribution in [2.75, 3.05) is 12.5 Å². The van der Waals surface area contributed by atoms with Gasteiger partial charge in [0, 0.05) is 18.9 Å². The summed E-state index contributed by atoms with van der Waals surface area (Å²) >= 11 is 5.90. The molecule has 20 heavy (non-hydrogen) atoms. The maximum absolute atomic E-state index is 9.23. The molecule has 2 atom stereocenters. The Morgan fingerprint density at radius 3 is 3.05 bits per heavy atom. The average molecular weight is 290 g/mol. The number of alkyl halides is 1. The van der Waals surface area contributed by atoms with Crippen molar-refractivity contribution in [1.82, 2.24) is 9.55 Å². The first-order valence-corrected chi connectivity index (χ1v) is 7.37. The number of hydrogen-bond acceptors (Lipinski definition) is 3. The molecule has 1 fully saturated rings. The normalized spacial score (nSPS) is 22.2. The number of benzene rings is 1. The molecule has 0 saturated carbocycles. The van der Waals surface area contributed by atoms with E-state index in [1.165, 1.54) is 0 Å². The zero-order valence-electron chi connectivity index (χ0n) is 11.3. The van der Waals surface area contributed by atoms with Crippen LogP contribution in [0.2, 0.25) is 0 Å². The molecule has 0 spiro atoms. The summed E-state index contributed by atoms with van der Waals surface area (Å²) < 4.78 is 7.90. The average Bonchev–Trinajstić information content (AvgIpc) is 3.01. The number of nitrogens with zero attached hydrogens (tertiary/aromatic N) is 3. The van der Waals surface area contributed by atoms with Gasteiger partial charge in [0.15, 0.2) is 0 Å². The molecule has 0 bridgehead atoms. The summed E-state index contributed by atoms with van der Waals surface area (Å²) in [5.74, 6) is 1.47. The number of rotatable bonds is 3. The maximum Gasteiger partial charge on any atom is 0.111 e. The van der Waals surface area contributed by atoms with Gasteiger partial charge in [0.1, 0.15) is 17.4 Å². The van der Waals surface area contributed by atoms with Crippen LogP contribution >= 0.6 is 11.6 Å². The van der Waals surface area contributed by atoms with Crippen LogP contribution in [0.1, 0.15) is 30.8 Å². The van der Waals surface area contributed by atoms with E-state index in [0.29, 0.717) is 17.9 Å². The number of para-hydroxylation sites is 1. The number of aryl methyl sites for hydroxylation is 1. The number of hydrogen-bond donors (Lipinski definition) is 0. The standard InChI is InChI=1S/C15H16ClN3O/c1-10-12(6-8-20-10)19-13-4-2-3-11(9-17)15(13)18-14(19)5-7-16/h2-4,10,12H,5-8H2,1H3. The highest BCUT2D eigenvalue weighted by Crippen LogP contribution is 2.32. The largest absolute Gasteiger partial charge is 0.376 e. The highest BCUT2D eigenvalue weighted by molar-refractivity contribution is 6.17. The molecular formula is C15H16ClN3O. The molecule has 1 aromatic heterocycles. The van der Waals surface area contributed by atoms with Crippen LogP contribution in [-0.2, 0) is 11.2 Å². The fourth-order valence-electron chi connectivity index (χ4n) is 2.95. The molecule has 0 amide bonds. The highest BCUT2D eigenvalue weighted by Gasteiger charge is 2.29. The summed E-state index contributed by atoms with van der Waals surface area (Å²) in [6.07, 6.45) is 1.83. The second kappa shape index (κ2) is 5.43. The van der Waals surface area contributed by atoms with Crippen LogP contribution in [-0.4, -0.2) is 28.1 Å². The summed E-state index contributed by atoms with van der Waals surface area (Å²) in [5.41, 5.74) is 2.39. The molecule has 0 radical (unpaired) electrons. The van der Waals surface area contributed by atoms with Crippen molar-refractivity contribution in [3.05, 3.63) is 29.6 Å². The third-order valence-corrected chi connectivity index (χ3v) is 4.09. The lowest BCUT2D eigenvalue weighted by atomic mass is 10.1. The lowest BCUT2D eigenvalue weighted by Gasteiger charge is -2.19. The van der Waals surface area contributed by atoms with Gasteiger partial charge in [-0.25, -0.2) is 4.98 Å². The van der Waals surface area contributed by atoms with E-state index >= 15 is 0 Å². The van der Waals surface area contributed by atoms with Crippen molar-refractivity contribution in [3.8, 4) is 6.07 Å². The molecule has 4 nitrogen and oxygen atoms in total. The fourth-order valence-corrected chi connectivity index (χ4v) is 3.11. The smallest absolute Gasteiger partial charge is 0.111 e. The van der Waals surface area contributed by atoms with Crippen molar-refractivity contribution in [2.24, 2.45) is 0 Å². The van der Waals surface area contributed by atoms with Gasteiger partial charge in [0.2, 0.25) is 0 Å². The van der Waals surface area contributed by atoms with E-state index < -0.39 is 0 Å². The Kier molecular flexibility index (Phi) is 3.64. The minimum atomic E-state index is 0.159. The van der Waals surface area contributed by atoms with Crippen molar-refractivity contribution < 1.29 is 4.74 Å². The maximum atomic E-state index is 9.23. The van der Waals surface area contributed by atoms with E-state index in [0.717, 1.165) is 29.9 Å². The number of ether oxygens (including phenoxy) is 1. The number of aromatic nitrogens is 2. The van der Waals surface area contributed by atoms with Crippen molar-refractivity contribution in [2.45, 2.75) is 31.9 Å². The molecule has 1 saturated heterocycles. The number of nitriles is 1. The van der Waals surface area contributed by atoms with Crippen LogP contribution in [0.3, 0.4) is 0 Å². The zero-order chi connectivity index (χ0) is 14.1. The summed E-state index contributed by atoms with van der Waals surface area (Å²) in [6.45, 7) is 2.85. The molecule has 2 unspecified atom stereocenters. The number of imidazole rings is 1. The van der Waals surface area contributed by atoms with Crippen LogP contribution in [0.25, 0.3) is 11.0 Å². The quantitative estimate of drug-likeness (QED) is 0.816. The highest BCUT2D eigenvalue weighted by atomic mass is 35.5. The van der Waals surface area contributed by atoms with Crippen LogP contribution in [0.4, 0.5) is 0 Å². The monoisotopic (exact) mass is 289 g/mol. The van der Waals surface area contributed by atoms with Crippen molar-refractivity contribution in [1.29, 1.82) is 5.26 Å². The van der Waals surface area contributed by atoms with Crippen LogP contribution in [0.5, 0.6) is 0 Å². The molecule has 3 rings (SSSR count).